The van der Waals surface area contributed by atoms with Crippen LogP contribution < -0.4 is 5.73 Å². The van der Waals surface area contributed by atoms with Gasteiger partial charge in [-0.05, 0) is 85.4 Å². The van der Waals surface area contributed by atoms with Crippen LogP contribution in [0.4, 0.5) is 14.5 Å². The summed E-state index contributed by atoms with van der Waals surface area (Å²) < 4.78 is 28.1. The number of nitrogen functional groups attached to an aromatic ring is 1. The van der Waals surface area contributed by atoms with Crippen molar-refractivity contribution in [3.8, 4) is 11.3 Å². The quantitative estimate of drug-likeness (QED) is 0.225. The number of benzene rings is 1. The van der Waals surface area contributed by atoms with E-state index in [0.717, 1.165) is 72.1 Å². The zero-order valence-corrected chi connectivity index (χ0v) is 22.2. The van der Waals surface area contributed by atoms with Crippen molar-refractivity contribution in [3.63, 3.8) is 0 Å². The van der Waals surface area contributed by atoms with Crippen molar-refractivity contribution >= 4 is 11.9 Å². The van der Waals surface area contributed by atoms with E-state index in [-0.39, 0.29) is 5.69 Å². The van der Waals surface area contributed by atoms with Crippen LogP contribution in [0, 0.1) is 12.7 Å². The smallest absolute Gasteiger partial charge is 0.150 e. The van der Waals surface area contributed by atoms with E-state index in [0.29, 0.717) is 23.6 Å². The molecule has 0 aliphatic heterocycles. The third kappa shape index (κ3) is 6.34. The molecular weight excluding hydrogens is 454 g/mol. The molecule has 2 heterocycles. The number of hydrogen-bond donors (Lipinski definition) is 1. The molecule has 3 rings (SSSR count). The fraction of sp³-hybridized carbons (Fsp3) is 0.433. The van der Waals surface area contributed by atoms with Gasteiger partial charge in [-0.1, -0.05) is 33.8 Å². The Labute approximate surface area is 214 Å². The fourth-order valence-corrected chi connectivity index (χ4v) is 4.46. The molecule has 1 atom stereocenters. The lowest BCUT2D eigenvalue weighted by molar-refractivity contribution is 0.474. The van der Waals surface area contributed by atoms with Crippen molar-refractivity contribution in [1.29, 1.82) is 0 Å². The molecule has 0 saturated carbocycles. The lowest BCUT2D eigenvalue weighted by Crippen LogP contribution is -2.07. The van der Waals surface area contributed by atoms with Crippen LogP contribution in [0.3, 0.4) is 0 Å². The minimum atomic E-state index is -0.745. The zero-order valence-electron chi connectivity index (χ0n) is 22.2. The highest BCUT2D eigenvalue weighted by Crippen LogP contribution is 2.32. The standard InChI is InChI=1S/C30H38F2N4/c1-6-11-34-17-23-13-21(12-22(8-3)29(23)33)9-10-24-14-26(19(4)7-2)20(5)30(36-24)27-15-25(16-31)35-18-28(27)32/h12-15,17-19H,6-11,16,33H2,1-5H3. The van der Waals surface area contributed by atoms with E-state index in [1.807, 2.05) is 13.1 Å². The summed E-state index contributed by atoms with van der Waals surface area (Å²) in [6.07, 6.45) is 7.21. The largest absolute Gasteiger partial charge is 0.398 e. The summed E-state index contributed by atoms with van der Waals surface area (Å²) in [5.41, 5.74) is 14.4. The highest BCUT2D eigenvalue weighted by Gasteiger charge is 2.18. The van der Waals surface area contributed by atoms with Gasteiger partial charge in [0.05, 0.1) is 17.6 Å². The Morgan fingerprint density at radius 1 is 1.08 bits per heavy atom. The minimum absolute atomic E-state index is 0.203. The number of rotatable bonds is 11. The SMILES string of the molecule is CCCN=Cc1cc(CCc2cc(C(C)CC)c(C)c(-c3cc(CF)ncc3F)n2)cc(CC)c1N. The Hall–Kier alpha value is -3.15. The highest BCUT2D eigenvalue weighted by molar-refractivity contribution is 5.88. The molecule has 4 nitrogen and oxygen atoms in total. The Morgan fingerprint density at radius 3 is 2.53 bits per heavy atom. The van der Waals surface area contributed by atoms with Gasteiger partial charge in [-0.2, -0.15) is 0 Å². The summed E-state index contributed by atoms with van der Waals surface area (Å²) in [5, 5.41) is 0. The first-order chi connectivity index (χ1) is 17.3. The van der Waals surface area contributed by atoms with Crippen LogP contribution in [0.1, 0.15) is 85.7 Å². The second kappa shape index (κ2) is 12.7. The molecule has 0 amide bonds. The molecule has 0 radical (unpaired) electrons. The fourth-order valence-electron chi connectivity index (χ4n) is 4.46. The number of hydrogen-bond acceptors (Lipinski definition) is 4. The molecule has 0 aliphatic rings. The molecule has 0 spiro atoms. The molecule has 6 heteroatoms. The van der Waals surface area contributed by atoms with E-state index in [9.17, 15) is 8.78 Å². The minimum Gasteiger partial charge on any atom is -0.398 e. The summed E-state index contributed by atoms with van der Waals surface area (Å²) in [6.45, 7) is 10.5. The Bertz CT molecular complexity index is 1220. The van der Waals surface area contributed by atoms with Gasteiger partial charge in [-0.3, -0.25) is 15.0 Å². The normalized spacial score (nSPS) is 12.4. The maximum absolute atomic E-state index is 14.8. The van der Waals surface area contributed by atoms with E-state index < -0.39 is 12.5 Å². The zero-order chi connectivity index (χ0) is 26.2. The van der Waals surface area contributed by atoms with E-state index in [2.05, 4.69) is 55.9 Å². The van der Waals surface area contributed by atoms with Gasteiger partial charge >= 0.3 is 0 Å². The molecule has 1 unspecified atom stereocenters. The monoisotopic (exact) mass is 492 g/mol. The number of aromatic nitrogens is 2. The molecule has 0 saturated heterocycles. The first kappa shape index (κ1) is 27.4. The van der Waals surface area contributed by atoms with Gasteiger partial charge in [0.2, 0.25) is 0 Å². The van der Waals surface area contributed by atoms with Crippen molar-refractivity contribution in [1.82, 2.24) is 9.97 Å². The van der Waals surface area contributed by atoms with Crippen molar-refractivity contribution < 1.29 is 8.78 Å². The molecular formula is C30H38F2N4. The topological polar surface area (TPSA) is 64.2 Å². The van der Waals surface area contributed by atoms with Crippen LogP contribution in [0.15, 0.2) is 35.5 Å². The number of nitrogens with two attached hydrogens (primary N) is 1. The summed E-state index contributed by atoms with van der Waals surface area (Å²) >= 11 is 0. The predicted molar refractivity (Wildman–Crippen MR) is 146 cm³/mol. The lowest BCUT2D eigenvalue weighted by Gasteiger charge is -2.19. The van der Waals surface area contributed by atoms with Crippen LogP contribution in [0.25, 0.3) is 11.3 Å². The van der Waals surface area contributed by atoms with Crippen molar-refractivity contribution in [3.05, 3.63) is 75.5 Å². The number of anilines is 1. The first-order valence-corrected chi connectivity index (χ1v) is 12.9. The second-order valence-electron chi connectivity index (χ2n) is 9.42. The second-order valence-corrected chi connectivity index (χ2v) is 9.42. The Balaban J connectivity index is 2.01. The molecule has 0 fully saturated rings. The van der Waals surface area contributed by atoms with Gasteiger partial charge in [0.15, 0.2) is 5.82 Å². The maximum atomic E-state index is 14.8. The van der Waals surface area contributed by atoms with Crippen LogP contribution in [0.5, 0.6) is 0 Å². The molecule has 192 valence electrons. The molecule has 2 N–H and O–H groups in total. The molecule has 2 aromatic heterocycles. The van der Waals surface area contributed by atoms with Gasteiger partial charge in [-0.15, -0.1) is 0 Å². The summed E-state index contributed by atoms with van der Waals surface area (Å²) in [6, 6.07) is 7.88. The van der Waals surface area contributed by atoms with E-state index in [1.54, 1.807) is 0 Å². The number of alkyl halides is 1. The van der Waals surface area contributed by atoms with Gasteiger partial charge in [0.1, 0.15) is 6.67 Å². The summed E-state index contributed by atoms with van der Waals surface area (Å²) in [4.78, 5) is 13.2. The van der Waals surface area contributed by atoms with E-state index in [4.69, 9.17) is 10.7 Å². The maximum Gasteiger partial charge on any atom is 0.150 e. The average Bonchev–Trinajstić information content (AvgIpc) is 2.89. The van der Waals surface area contributed by atoms with Crippen LogP contribution in [0.2, 0.25) is 0 Å². The first-order valence-electron chi connectivity index (χ1n) is 12.9. The highest BCUT2D eigenvalue weighted by atomic mass is 19.1. The number of halogens is 2. The summed E-state index contributed by atoms with van der Waals surface area (Å²) in [7, 11) is 0. The van der Waals surface area contributed by atoms with Crippen LogP contribution in [-0.4, -0.2) is 22.7 Å². The van der Waals surface area contributed by atoms with Crippen LogP contribution >= 0.6 is 0 Å². The Morgan fingerprint density at radius 2 is 1.86 bits per heavy atom. The predicted octanol–water partition coefficient (Wildman–Crippen LogP) is 7.33. The van der Waals surface area contributed by atoms with Crippen molar-refractivity contribution in [2.24, 2.45) is 4.99 Å². The average molecular weight is 493 g/mol. The third-order valence-electron chi connectivity index (χ3n) is 6.80. The Kier molecular flexibility index (Phi) is 9.68. The molecule has 36 heavy (non-hydrogen) atoms. The van der Waals surface area contributed by atoms with Crippen molar-refractivity contribution in [2.75, 3.05) is 12.3 Å². The molecule has 0 aliphatic carbocycles. The van der Waals surface area contributed by atoms with Crippen LogP contribution in [-0.2, 0) is 25.9 Å². The number of pyridine rings is 2. The summed E-state index contributed by atoms with van der Waals surface area (Å²) in [5.74, 6) is -0.196. The van der Waals surface area contributed by atoms with Gasteiger partial charge < -0.3 is 5.73 Å². The molecule has 1 aromatic carbocycles. The third-order valence-corrected chi connectivity index (χ3v) is 6.80. The number of aliphatic imine (C=N–C) groups is 1. The van der Waals surface area contributed by atoms with Gasteiger partial charge in [0.25, 0.3) is 0 Å². The number of nitrogens with zero attached hydrogens (tertiary/aromatic N) is 3. The molecule has 3 aromatic rings. The van der Waals surface area contributed by atoms with E-state index >= 15 is 0 Å². The molecule has 0 bridgehead atoms. The van der Waals surface area contributed by atoms with E-state index in [1.165, 1.54) is 11.6 Å². The number of aryl methyl sites for hydroxylation is 3. The van der Waals surface area contributed by atoms with Gasteiger partial charge in [-0.25, -0.2) is 8.78 Å². The van der Waals surface area contributed by atoms with Crippen molar-refractivity contribution in [2.45, 2.75) is 79.3 Å². The van der Waals surface area contributed by atoms with Gasteiger partial charge in [0, 0.05) is 35.3 Å². The lowest BCUT2D eigenvalue weighted by atomic mass is 9.90.